The fourth-order valence-electron chi connectivity index (χ4n) is 2.93. The minimum atomic E-state index is -0.396. The summed E-state index contributed by atoms with van der Waals surface area (Å²) in [5, 5.41) is 1.45. The second-order valence-electron chi connectivity index (χ2n) is 6.39. The van der Waals surface area contributed by atoms with E-state index in [1.165, 1.54) is 0 Å². The van der Waals surface area contributed by atoms with Crippen molar-refractivity contribution in [2.24, 2.45) is 0 Å². The van der Waals surface area contributed by atoms with Gasteiger partial charge in [-0.2, -0.15) is 0 Å². The summed E-state index contributed by atoms with van der Waals surface area (Å²) in [5.41, 5.74) is 3.47. The van der Waals surface area contributed by atoms with Crippen LogP contribution in [-0.4, -0.2) is 0 Å². The van der Waals surface area contributed by atoms with Crippen LogP contribution in [0.3, 0.4) is 0 Å². The zero-order valence-electron chi connectivity index (χ0n) is 15.0. The van der Waals surface area contributed by atoms with Crippen LogP contribution in [0.15, 0.2) is 88.6 Å². The summed E-state index contributed by atoms with van der Waals surface area (Å²) in [7, 11) is 0. The molecule has 0 aliphatic carbocycles. The van der Waals surface area contributed by atoms with Gasteiger partial charge in [0.25, 0.3) is 0 Å². The molecule has 0 N–H and O–H groups in total. The third kappa shape index (κ3) is 3.85. The molecule has 0 bridgehead atoms. The van der Waals surface area contributed by atoms with Crippen molar-refractivity contribution >= 4 is 28.6 Å². The zero-order valence-corrected chi connectivity index (χ0v) is 15.8. The Bertz CT molecular complexity index is 1190. The maximum atomic E-state index is 12.4. The van der Waals surface area contributed by atoms with E-state index >= 15 is 0 Å². The number of ether oxygens (including phenoxy) is 1. The van der Waals surface area contributed by atoms with Crippen LogP contribution in [0, 0.1) is 0 Å². The molecule has 3 nitrogen and oxygen atoms in total. The van der Waals surface area contributed by atoms with Crippen LogP contribution in [0.1, 0.15) is 11.1 Å². The lowest BCUT2D eigenvalue weighted by molar-refractivity contribution is 0.306. The lowest BCUT2D eigenvalue weighted by Crippen LogP contribution is -2.03. The normalized spacial score (nSPS) is 10.8. The van der Waals surface area contributed by atoms with Gasteiger partial charge in [0.1, 0.15) is 17.9 Å². The van der Waals surface area contributed by atoms with E-state index in [0.29, 0.717) is 28.5 Å². The van der Waals surface area contributed by atoms with E-state index in [1.54, 1.807) is 36.4 Å². The molecule has 4 rings (SSSR count). The lowest BCUT2D eigenvalue weighted by Gasteiger charge is -2.08. The Morgan fingerprint density at radius 3 is 2.43 bits per heavy atom. The predicted molar refractivity (Wildman–Crippen MR) is 114 cm³/mol. The molecule has 0 amide bonds. The van der Waals surface area contributed by atoms with Crippen LogP contribution in [0.5, 0.6) is 5.75 Å². The average Bonchev–Trinajstić information content (AvgIpc) is 2.72. The van der Waals surface area contributed by atoms with E-state index in [-0.39, 0.29) is 0 Å². The van der Waals surface area contributed by atoms with Crippen molar-refractivity contribution in [2.75, 3.05) is 0 Å². The Balaban J connectivity index is 1.58. The van der Waals surface area contributed by atoms with Gasteiger partial charge in [0.2, 0.25) is 0 Å². The third-order valence-corrected chi connectivity index (χ3v) is 4.74. The third-order valence-electron chi connectivity index (χ3n) is 4.48. The smallest absolute Gasteiger partial charge is 0.344 e. The monoisotopic (exact) mass is 388 g/mol. The molecule has 0 aliphatic heterocycles. The van der Waals surface area contributed by atoms with Crippen molar-refractivity contribution in [3.05, 3.63) is 106 Å². The van der Waals surface area contributed by atoms with Crippen molar-refractivity contribution in [3.8, 4) is 16.9 Å². The maximum absolute atomic E-state index is 12.4. The Kier molecular flexibility index (Phi) is 5.00. The van der Waals surface area contributed by atoms with Gasteiger partial charge in [0, 0.05) is 16.5 Å². The minimum Gasteiger partial charge on any atom is -0.489 e. The first-order valence-electron chi connectivity index (χ1n) is 8.80. The van der Waals surface area contributed by atoms with Gasteiger partial charge in [-0.05, 0) is 47.0 Å². The lowest BCUT2D eigenvalue weighted by atomic mass is 10.1. The van der Waals surface area contributed by atoms with Crippen molar-refractivity contribution in [3.63, 3.8) is 0 Å². The Morgan fingerprint density at radius 2 is 1.71 bits per heavy atom. The van der Waals surface area contributed by atoms with Crippen LogP contribution in [0.25, 0.3) is 28.2 Å². The van der Waals surface area contributed by atoms with E-state index in [4.69, 9.17) is 20.8 Å². The highest BCUT2D eigenvalue weighted by Crippen LogP contribution is 2.25. The summed E-state index contributed by atoms with van der Waals surface area (Å²) in [6.45, 7) is 4.17. The molecule has 1 aromatic heterocycles. The fraction of sp³-hybridized carbons (Fsp3) is 0.0417. The summed E-state index contributed by atoms with van der Waals surface area (Å²) >= 11 is 5.92. The summed E-state index contributed by atoms with van der Waals surface area (Å²) in [4.78, 5) is 12.4. The first-order chi connectivity index (χ1) is 13.6. The van der Waals surface area contributed by atoms with Gasteiger partial charge in [-0.25, -0.2) is 4.79 Å². The molecular formula is C24H17ClO3. The highest BCUT2D eigenvalue weighted by Gasteiger charge is 2.09. The van der Waals surface area contributed by atoms with E-state index in [9.17, 15) is 4.79 Å². The highest BCUT2D eigenvalue weighted by molar-refractivity contribution is 6.30. The van der Waals surface area contributed by atoms with E-state index < -0.39 is 5.63 Å². The average molecular weight is 389 g/mol. The molecule has 0 spiro atoms. The summed E-state index contributed by atoms with van der Waals surface area (Å²) < 4.78 is 11.4. The van der Waals surface area contributed by atoms with E-state index in [0.717, 1.165) is 22.1 Å². The molecule has 138 valence electrons. The maximum Gasteiger partial charge on any atom is 0.344 e. The van der Waals surface area contributed by atoms with Gasteiger partial charge in [-0.3, -0.25) is 0 Å². The van der Waals surface area contributed by atoms with Crippen LogP contribution in [0.2, 0.25) is 5.02 Å². The predicted octanol–water partition coefficient (Wildman–Crippen LogP) is 6.34. The molecule has 1 heterocycles. The molecular weight excluding hydrogens is 372 g/mol. The standard InChI is InChI=1S/C24H17ClO3/c1-2-16-3-5-17(6-4-16)15-27-21-12-9-19-13-22(24(26)28-23(19)14-21)18-7-10-20(25)11-8-18/h2-14H,1,15H2. The molecule has 4 heteroatoms. The fourth-order valence-corrected chi connectivity index (χ4v) is 3.05. The van der Waals surface area contributed by atoms with Crippen molar-refractivity contribution < 1.29 is 9.15 Å². The van der Waals surface area contributed by atoms with Gasteiger partial charge in [0.05, 0.1) is 5.56 Å². The zero-order chi connectivity index (χ0) is 19.5. The molecule has 0 aliphatic rings. The first-order valence-corrected chi connectivity index (χ1v) is 9.18. The minimum absolute atomic E-state index is 0.396. The molecule has 0 radical (unpaired) electrons. The first kappa shape index (κ1) is 18.1. The second-order valence-corrected chi connectivity index (χ2v) is 6.82. The van der Waals surface area contributed by atoms with Gasteiger partial charge in [-0.15, -0.1) is 0 Å². The number of benzene rings is 3. The largest absolute Gasteiger partial charge is 0.489 e. The number of rotatable bonds is 5. The second kappa shape index (κ2) is 7.75. The highest BCUT2D eigenvalue weighted by atomic mass is 35.5. The van der Waals surface area contributed by atoms with Crippen LogP contribution in [0.4, 0.5) is 0 Å². The van der Waals surface area contributed by atoms with E-state index in [2.05, 4.69) is 6.58 Å². The van der Waals surface area contributed by atoms with Crippen molar-refractivity contribution in [2.45, 2.75) is 6.61 Å². The van der Waals surface area contributed by atoms with Gasteiger partial charge < -0.3 is 9.15 Å². The Hall–Kier alpha value is -3.30. The quantitative estimate of drug-likeness (QED) is 0.375. The molecule has 28 heavy (non-hydrogen) atoms. The molecule has 0 fully saturated rings. The van der Waals surface area contributed by atoms with Crippen LogP contribution < -0.4 is 10.4 Å². The van der Waals surface area contributed by atoms with Gasteiger partial charge in [0.15, 0.2) is 0 Å². The van der Waals surface area contributed by atoms with Crippen molar-refractivity contribution in [1.29, 1.82) is 0 Å². The molecule has 0 saturated heterocycles. The Morgan fingerprint density at radius 1 is 0.964 bits per heavy atom. The summed E-state index contributed by atoms with van der Waals surface area (Å²) in [6.07, 6.45) is 1.80. The Labute approximate surface area is 167 Å². The van der Waals surface area contributed by atoms with Crippen molar-refractivity contribution in [1.82, 2.24) is 0 Å². The molecule has 0 atom stereocenters. The number of fused-ring (bicyclic) bond motifs is 1. The van der Waals surface area contributed by atoms with Gasteiger partial charge >= 0.3 is 5.63 Å². The molecule has 0 saturated carbocycles. The summed E-state index contributed by atoms with van der Waals surface area (Å²) in [5.74, 6) is 0.641. The molecule has 0 unspecified atom stereocenters. The van der Waals surface area contributed by atoms with Gasteiger partial charge in [-0.1, -0.05) is 60.7 Å². The van der Waals surface area contributed by atoms with Crippen LogP contribution in [-0.2, 0) is 6.61 Å². The van der Waals surface area contributed by atoms with Crippen LogP contribution >= 0.6 is 11.6 Å². The topological polar surface area (TPSA) is 39.4 Å². The number of hydrogen-bond acceptors (Lipinski definition) is 3. The summed E-state index contributed by atoms with van der Waals surface area (Å²) in [6, 6.07) is 22.4. The number of halogens is 1. The number of hydrogen-bond donors (Lipinski definition) is 0. The molecule has 4 aromatic rings. The molecule has 3 aromatic carbocycles. The SMILES string of the molecule is C=Cc1ccc(COc2ccc3cc(-c4ccc(Cl)cc4)c(=O)oc3c2)cc1. The van der Waals surface area contributed by atoms with E-state index in [1.807, 2.05) is 42.5 Å².